The number of anilines is 1. The highest BCUT2D eigenvalue weighted by Crippen LogP contribution is 2.22. The first-order valence-corrected chi connectivity index (χ1v) is 7.96. The van der Waals surface area contributed by atoms with Crippen molar-refractivity contribution in [2.75, 3.05) is 25.1 Å². The Morgan fingerprint density at radius 2 is 1.76 bits per heavy atom. The summed E-state index contributed by atoms with van der Waals surface area (Å²) in [6.45, 7) is 8.40. The average Bonchev–Trinajstić information content (AvgIpc) is 2.51. The maximum absolute atomic E-state index is 12.0. The Morgan fingerprint density at radius 3 is 2.33 bits per heavy atom. The molecule has 0 spiro atoms. The third kappa shape index (κ3) is 6.17. The van der Waals surface area contributed by atoms with Gasteiger partial charge in [-0.3, -0.25) is 0 Å². The lowest BCUT2D eigenvalue weighted by Crippen LogP contribution is -2.30. The number of ether oxygens (including phenoxy) is 1. The Hall–Kier alpha value is -1.55. The lowest BCUT2D eigenvalue weighted by atomic mass is 10.0. The molecule has 4 nitrogen and oxygen atoms in total. The van der Waals surface area contributed by atoms with Crippen LogP contribution in [0.4, 0.5) is 10.5 Å². The molecule has 4 heteroatoms. The summed E-state index contributed by atoms with van der Waals surface area (Å²) in [6, 6.07) is 6.04. The minimum absolute atomic E-state index is 0.138. The first-order chi connectivity index (χ1) is 10.2. The number of carbonyl (C=O) groups excluding carboxylic acids is 1. The van der Waals surface area contributed by atoms with Crippen molar-refractivity contribution in [2.45, 2.75) is 46.5 Å². The molecule has 0 unspecified atom stereocenters. The number of nitrogens with one attached hydrogen (secondary N) is 2. The summed E-state index contributed by atoms with van der Waals surface area (Å²) in [7, 11) is 0. The summed E-state index contributed by atoms with van der Waals surface area (Å²) < 4.78 is 5.38. The van der Waals surface area contributed by atoms with Crippen LogP contribution >= 0.6 is 0 Å². The maximum atomic E-state index is 12.0. The fourth-order valence-electron chi connectivity index (χ4n) is 2.18. The second-order valence-electron chi connectivity index (χ2n) is 5.01. The van der Waals surface area contributed by atoms with Crippen molar-refractivity contribution in [3.05, 3.63) is 29.3 Å². The average molecular weight is 292 g/mol. The van der Waals surface area contributed by atoms with E-state index in [9.17, 15) is 4.79 Å². The highest BCUT2D eigenvalue weighted by atomic mass is 16.5. The van der Waals surface area contributed by atoms with Gasteiger partial charge in [-0.05, 0) is 36.8 Å². The van der Waals surface area contributed by atoms with Gasteiger partial charge in [-0.25, -0.2) is 4.79 Å². The zero-order valence-electron chi connectivity index (χ0n) is 13.5. The number of carbonyl (C=O) groups is 1. The van der Waals surface area contributed by atoms with Crippen molar-refractivity contribution in [3.63, 3.8) is 0 Å². The van der Waals surface area contributed by atoms with Crippen LogP contribution in [0.2, 0.25) is 0 Å². The minimum atomic E-state index is -0.138. The van der Waals surface area contributed by atoms with Gasteiger partial charge in [0.05, 0.1) is 0 Å². The molecular formula is C17H28N2O2. The molecule has 0 bridgehead atoms. The van der Waals surface area contributed by atoms with Gasteiger partial charge in [0.2, 0.25) is 0 Å². The second-order valence-corrected chi connectivity index (χ2v) is 5.01. The van der Waals surface area contributed by atoms with Crippen molar-refractivity contribution in [2.24, 2.45) is 0 Å². The summed E-state index contributed by atoms with van der Waals surface area (Å²) >= 11 is 0. The van der Waals surface area contributed by atoms with Gasteiger partial charge in [0, 0.05) is 25.4 Å². The van der Waals surface area contributed by atoms with E-state index < -0.39 is 0 Å². The van der Waals surface area contributed by atoms with E-state index in [1.807, 2.05) is 6.07 Å². The predicted molar refractivity (Wildman–Crippen MR) is 87.9 cm³/mol. The smallest absolute Gasteiger partial charge is 0.319 e. The van der Waals surface area contributed by atoms with Crippen LogP contribution < -0.4 is 10.6 Å². The van der Waals surface area contributed by atoms with Gasteiger partial charge >= 0.3 is 6.03 Å². The molecule has 0 fully saturated rings. The van der Waals surface area contributed by atoms with Crippen molar-refractivity contribution in [1.29, 1.82) is 0 Å². The van der Waals surface area contributed by atoms with Crippen molar-refractivity contribution >= 4 is 11.7 Å². The number of hydrogen-bond donors (Lipinski definition) is 2. The van der Waals surface area contributed by atoms with Gasteiger partial charge in [-0.15, -0.1) is 0 Å². The predicted octanol–water partition coefficient (Wildman–Crippen LogP) is 3.75. The van der Waals surface area contributed by atoms with Gasteiger partial charge < -0.3 is 15.4 Å². The number of aryl methyl sites for hydroxylation is 2. The molecule has 2 N–H and O–H groups in total. The van der Waals surface area contributed by atoms with Crippen LogP contribution in [0.1, 0.15) is 44.7 Å². The summed E-state index contributed by atoms with van der Waals surface area (Å²) in [4.78, 5) is 12.0. The maximum Gasteiger partial charge on any atom is 0.319 e. The number of hydrogen-bond acceptors (Lipinski definition) is 2. The third-order valence-corrected chi connectivity index (χ3v) is 3.34. The fourth-order valence-corrected chi connectivity index (χ4v) is 2.18. The monoisotopic (exact) mass is 292 g/mol. The Kier molecular flexibility index (Phi) is 8.51. The molecule has 1 rings (SSSR count). The molecule has 0 saturated heterocycles. The van der Waals surface area contributed by atoms with Crippen LogP contribution in [0.15, 0.2) is 18.2 Å². The first kappa shape index (κ1) is 17.5. The molecule has 1 aromatic carbocycles. The number of urea groups is 1. The molecule has 0 aliphatic rings. The molecule has 21 heavy (non-hydrogen) atoms. The zero-order valence-corrected chi connectivity index (χ0v) is 13.5. The molecular weight excluding hydrogens is 264 g/mol. The largest absolute Gasteiger partial charge is 0.381 e. The lowest BCUT2D eigenvalue weighted by Gasteiger charge is -2.15. The van der Waals surface area contributed by atoms with Crippen LogP contribution in [0.5, 0.6) is 0 Å². The summed E-state index contributed by atoms with van der Waals surface area (Å²) in [5, 5.41) is 5.87. The van der Waals surface area contributed by atoms with E-state index in [2.05, 4.69) is 43.5 Å². The zero-order chi connectivity index (χ0) is 15.5. The molecule has 2 amide bonds. The Bertz CT molecular complexity index is 411. The number of benzene rings is 1. The fraction of sp³-hybridized carbons (Fsp3) is 0.588. The molecule has 0 aromatic heterocycles. The topological polar surface area (TPSA) is 50.4 Å². The van der Waals surface area contributed by atoms with Crippen LogP contribution in [-0.2, 0) is 17.6 Å². The van der Waals surface area contributed by atoms with E-state index >= 15 is 0 Å². The standard InChI is InChI=1S/C17H28N2O2/c1-4-12-21-13-8-11-18-17(20)19-16-14(5-2)9-7-10-15(16)6-3/h7,9-10H,4-6,8,11-13H2,1-3H3,(H2,18,19,20). The van der Waals surface area contributed by atoms with E-state index in [0.717, 1.165) is 38.0 Å². The molecule has 0 atom stereocenters. The molecule has 118 valence electrons. The van der Waals surface area contributed by atoms with Gasteiger partial charge in [-0.2, -0.15) is 0 Å². The van der Waals surface area contributed by atoms with E-state index in [0.29, 0.717) is 13.2 Å². The van der Waals surface area contributed by atoms with Gasteiger partial charge in [0.15, 0.2) is 0 Å². The summed E-state index contributed by atoms with van der Waals surface area (Å²) in [5.41, 5.74) is 3.31. The van der Waals surface area contributed by atoms with Gasteiger partial charge in [0.1, 0.15) is 0 Å². The van der Waals surface area contributed by atoms with E-state index in [1.165, 1.54) is 11.1 Å². The summed E-state index contributed by atoms with van der Waals surface area (Å²) in [6.07, 6.45) is 3.69. The lowest BCUT2D eigenvalue weighted by molar-refractivity contribution is 0.132. The third-order valence-electron chi connectivity index (χ3n) is 3.34. The second kappa shape index (κ2) is 10.2. The SMILES string of the molecule is CCCOCCCNC(=O)Nc1c(CC)cccc1CC. The Balaban J connectivity index is 2.44. The molecule has 1 aromatic rings. The molecule has 0 radical (unpaired) electrons. The van der Waals surface area contributed by atoms with Crippen LogP contribution in [0, 0.1) is 0 Å². The Labute approximate surface area is 128 Å². The van der Waals surface area contributed by atoms with Crippen molar-refractivity contribution < 1.29 is 9.53 Å². The molecule has 0 saturated carbocycles. The highest BCUT2D eigenvalue weighted by Gasteiger charge is 2.09. The normalized spacial score (nSPS) is 10.4. The number of rotatable bonds is 9. The van der Waals surface area contributed by atoms with Crippen molar-refractivity contribution in [3.8, 4) is 0 Å². The molecule has 0 aliphatic heterocycles. The number of amides is 2. The van der Waals surface area contributed by atoms with E-state index in [-0.39, 0.29) is 6.03 Å². The Morgan fingerprint density at radius 1 is 1.10 bits per heavy atom. The van der Waals surface area contributed by atoms with Crippen LogP contribution in [-0.4, -0.2) is 25.8 Å². The van der Waals surface area contributed by atoms with Gasteiger partial charge in [0.25, 0.3) is 0 Å². The first-order valence-electron chi connectivity index (χ1n) is 7.96. The summed E-state index contributed by atoms with van der Waals surface area (Å²) in [5.74, 6) is 0. The van der Waals surface area contributed by atoms with Crippen molar-refractivity contribution in [1.82, 2.24) is 5.32 Å². The quantitative estimate of drug-likeness (QED) is 0.681. The van der Waals surface area contributed by atoms with E-state index in [4.69, 9.17) is 4.74 Å². The van der Waals surface area contributed by atoms with Crippen LogP contribution in [0.25, 0.3) is 0 Å². The minimum Gasteiger partial charge on any atom is -0.381 e. The van der Waals surface area contributed by atoms with E-state index in [1.54, 1.807) is 0 Å². The molecule has 0 heterocycles. The molecule has 0 aliphatic carbocycles. The van der Waals surface area contributed by atoms with Crippen LogP contribution in [0.3, 0.4) is 0 Å². The number of para-hydroxylation sites is 1. The van der Waals surface area contributed by atoms with Gasteiger partial charge in [-0.1, -0.05) is 39.0 Å². The highest BCUT2D eigenvalue weighted by molar-refractivity contribution is 5.91.